The maximum atomic E-state index is 11.8. The van der Waals surface area contributed by atoms with Gasteiger partial charge in [0.05, 0.1) is 12.7 Å². The van der Waals surface area contributed by atoms with Gasteiger partial charge in [0.15, 0.2) is 6.23 Å². The van der Waals surface area contributed by atoms with Gasteiger partial charge < -0.3 is 14.9 Å². The third-order valence-corrected chi connectivity index (χ3v) is 3.42. The number of aryl methyl sites for hydroxylation is 1. The minimum absolute atomic E-state index is 0.167. The van der Waals surface area contributed by atoms with E-state index in [-0.39, 0.29) is 12.5 Å². The predicted octanol–water partition coefficient (Wildman–Crippen LogP) is -0.171. The maximum Gasteiger partial charge on any atom is 0.349 e. The van der Waals surface area contributed by atoms with Gasteiger partial charge in [-0.25, -0.2) is 4.79 Å². The van der Waals surface area contributed by atoms with Gasteiger partial charge in [-0.15, -0.1) is 0 Å². The van der Waals surface area contributed by atoms with Gasteiger partial charge in [-0.1, -0.05) is 6.92 Å². The average Bonchev–Trinajstić information content (AvgIpc) is 2.66. The lowest BCUT2D eigenvalue weighted by atomic mass is 9.95. The van der Waals surface area contributed by atoms with E-state index >= 15 is 0 Å². The van der Waals surface area contributed by atoms with E-state index in [1.807, 2.05) is 6.92 Å². The van der Waals surface area contributed by atoms with Crippen molar-refractivity contribution in [3.8, 4) is 0 Å². The molecule has 0 aromatic carbocycles. The molecule has 1 aliphatic rings. The standard InChI is InChI=1S/C12H18N2O4/c1-3-8-9(6-15)18-11(10(8)16)14-5-4-7(2)13-12(14)17/h4-5,8-11,15-16H,3,6H2,1-2H3/t8-,9-,10-,11-/m1/s1. The van der Waals surface area contributed by atoms with Gasteiger partial charge in [-0.05, 0) is 19.4 Å². The monoisotopic (exact) mass is 254 g/mol. The van der Waals surface area contributed by atoms with E-state index < -0.39 is 24.1 Å². The molecule has 1 saturated heterocycles. The van der Waals surface area contributed by atoms with Crippen molar-refractivity contribution in [1.29, 1.82) is 0 Å². The van der Waals surface area contributed by atoms with E-state index in [0.29, 0.717) is 12.1 Å². The zero-order valence-corrected chi connectivity index (χ0v) is 10.5. The average molecular weight is 254 g/mol. The summed E-state index contributed by atoms with van der Waals surface area (Å²) < 4.78 is 6.83. The summed E-state index contributed by atoms with van der Waals surface area (Å²) in [5, 5.41) is 19.4. The Kier molecular flexibility index (Phi) is 3.79. The highest BCUT2D eigenvalue weighted by atomic mass is 16.5. The Bertz CT molecular complexity index is 473. The molecular weight excluding hydrogens is 236 g/mol. The van der Waals surface area contributed by atoms with Gasteiger partial charge in [0.25, 0.3) is 0 Å². The third kappa shape index (κ3) is 2.19. The molecular formula is C12H18N2O4. The fourth-order valence-electron chi connectivity index (χ4n) is 2.40. The molecule has 2 heterocycles. The molecule has 100 valence electrons. The van der Waals surface area contributed by atoms with Crippen molar-refractivity contribution in [2.75, 3.05) is 6.61 Å². The second kappa shape index (κ2) is 5.17. The first-order valence-corrected chi connectivity index (χ1v) is 6.08. The van der Waals surface area contributed by atoms with Crippen LogP contribution in [-0.2, 0) is 4.74 Å². The number of aromatic nitrogens is 2. The van der Waals surface area contributed by atoms with Crippen molar-refractivity contribution in [2.45, 2.75) is 38.7 Å². The molecule has 0 amide bonds. The van der Waals surface area contributed by atoms with E-state index in [2.05, 4.69) is 4.98 Å². The molecule has 0 saturated carbocycles. The van der Waals surface area contributed by atoms with Crippen LogP contribution in [0.15, 0.2) is 17.1 Å². The SMILES string of the molecule is CC[C@H]1[C@@H](O)[C@H](n2ccc(C)nc2=O)O[C@@H]1CO. The Balaban J connectivity index is 2.32. The van der Waals surface area contributed by atoms with Gasteiger partial charge >= 0.3 is 5.69 Å². The summed E-state index contributed by atoms with van der Waals surface area (Å²) in [4.78, 5) is 15.6. The first kappa shape index (κ1) is 13.2. The summed E-state index contributed by atoms with van der Waals surface area (Å²) in [6, 6.07) is 1.69. The summed E-state index contributed by atoms with van der Waals surface area (Å²) in [5.74, 6) is -0.173. The highest BCUT2D eigenvalue weighted by Crippen LogP contribution is 2.34. The first-order valence-electron chi connectivity index (χ1n) is 6.08. The normalized spacial score (nSPS) is 31.8. The van der Waals surface area contributed by atoms with Crippen LogP contribution in [0, 0.1) is 12.8 Å². The molecule has 1 aromatic heterocycles. The van der Waals surface area contributed by atoms with Gasteiger partial charge in [-0.3, -0.25) is 4.57 Å². The molecule has 18 heavy (non-hydrogen) atoms. The topological polar surface area (TPSA) is 84.6 Å². The number of nitrogens with zero attached hydrogens (tertiary/aromatic N) is 2. The summed E-state index contributed by atoms with van der Waals surface area (Å²) >= 11 is 0. The fraction of sp³-hybridized carbons (Fsp3) is 0.667. The largest absolute Gasteiger partial charge is 0.394 e. The van der Waals surface area contributed by atoms with Crippen molar-refractivity contribution in [3.05, 3.63) is 28.4 Å². The predicted molar refractivity (Wildman–Crippen MR) is 64.0 cm³/mol. The van der Waals surface area contributed by atoms with Crippen molar-refractivity contribution < 1.29 is 14.9 Å². The number of aliphatic hydroxyl groups excluding tert-OH is 2. The van der Waals surface area contributed by atoms with Crippen LogP contribution < -0.4 is 5.69 Å². The molecule has 0 bridgehead atoms. The lowest BCUT2D eigenvalue weighted by molar-refractivity contribution is -0.0535. The molecule has 6 heteroatoms. The zero-order valence-electron chi connectivity index (χ0n) is 10.5. The van der Waals surface area contributed by atoms with Gasteiger partial charge in [0, 0.05) is 17.8 Å². The summed E-state index contributed by atoms with van der Waals surface area (Å²) in [5.41, 5.74) is 0.168. The smallest absolute Gasteiger partial charge is 0.349 e. The van der Waals surface area contributed by atoms with Crippen LogP contribution in [0.5, 0.6) is 0 Å². The van der Waals surface area contributed by atoms with Crippen LogP contribution in [0.3, 0.4) is 0 Å². The van der Waals surface area contributed by atoms with Crippen LogP contribution >= 0.6 is 0 Å². The van der Waals surface area contributed by atoms with E-state index in [0.717, 1.165) is 0 Å². The molecule has 1 aromatic rings. The number of hydrogen-bond donors (Lipinski definition) is 2. The molecule has 1 fully saturated rings. The van der Waals surface area contributed by atoms with Crippen LogP contribution in [-0.4, -0.2) is 38.6 Å². The molecule has 4 atom stereocenters. The van der Waals surface area contributed by atoms with Crippen LogP contribution in [0.4, 0.5) is 0 Å². The van der Waals surface area contributed by atoms with Crippen LogP contribution in [0.25, 0.3) is 0 Å². The molecule has 0 unspecified atom stereocenters. The van der Waals surface area contributed by atoms with E-state index in [1.54, 1.807) is 19.2 Å². The summed E-state index contributed by atoms with van der Waals surface area (Å²) in [6.07, 6.45) is 0.215. The van der Waals surface area contributed by atoms with E-state index in [4.69, 9.17) is 4.74 Å². The molecule has 0 aliphatic carbocycles. The molecule has 0 spiro atoms. The zero-order chi connectivity index (χ0) is 13.3. The van der Waals surface area contributed by atoms with Gasteiger partial charge in [0.1, 0.15) is 6.10 Å². The Hall–Kier alpha value is -1.24. The van der Waals surface area contributed by atoms with Crippen molar-refractivity contribution >= 4 is 0 Å². The molecule has 6 nitrogen and oxygen atoms in total. The summed E-state index contributed by atoms with van der Waals surface area (Å²) in [7, 11) is 0. The molecule has 2 rings (SSSR count). The van der Waals surface area contributed by atoms with Crippen LogP contribution in [0.1, 0.15) is 25.3 Å². The van der Waals surface area contributed by atoms with Crippen molar-refractivity contribution in [1.82, 2.24) is 9.55 Å². The lowest BCUT2D eigenvalue weighted by Gasteiger charge is -2.18. The lowest BCUT2D eigenvalue weighted by Crippen LogP contribution is -2.33. The molecule has 2 N–H and O–H groups in total. The Morgan fingerprint density at radius 1 is 1.56 bits per heavy atom. The second-order valence-electron chi connectivity index (χ2n) is 4.57. The van der Waals surface area contributed by atoms with Crippen LogP contribution in [0.2, 0.25) is 0 Å². The highest BCUT2D eigenvalue weighted by molar-refractivity contribution is 4.98. The third-order valence-electron chi connectivity index (χ3n) is 3.42. The number of aliphatic hydroxyl groups is 2. The first-order chi connectivity index (χ1) is 8.58. The Labute approximate surface area is 105 Å². The number of rotatable bonds is 3. The van der Waals surface area contributed by atoms with E-state index in [9.17, 15) is 15.0 Å². The molecule has 0 radical (unpaired) electrons. The Morgan fingerprint density at radius 3 is 2.78 bits per heavy atom. The van der Waals surface area contributed by atoms with Crippen molar-refractivity contribution in [3.63, 3.8) is 0 Å². The highest BCUT2D eigenvalue weighted by Gasteiger charge is 2.43. The molecule has 1 aliphatic heterocycles. The van der Waals surface area contributed by atoms with Gasteiger partial charge in [-0.2, -0.15) is 4.98 Å². The van der Waals surface area contributed by atoms with Gasteiger partial charge in [0.2, 0.25) is 0 Å². The fourth-order valence-corrected chi connectivity index (χ4v) is 2.40. The quantitative estimate of drug-likeness (QED) is 0.782. The minimum Gasteiger partial charge on any atom is -0.394 e. The second-order valence-corrected chi connectivity index (χ2v) is 4.57. The number of ether oxygens (including phenoxy) is 1. The van der Waals surface area contributed by atoms with Crippen molar-refractivity contribution in [2.24, 2.45) is 5.92 Å². The maximum absolute atomic E-state index is 11.8. The summed E-state index contributed by atoms with van der Waals surface area (Å²) in [6.45, 7) is 3.47. The van der Waals surface area contributed by atoms with E-state index in [1.165, 1.54) is 4.57 Å². The number of hydrogen-bond acceptors (Lipinski definition) is 5. The minimum atomic E-state index is -0.811. The Morgan fingerprint density at radius 2 is 2.28 bits per heavy atom.